The quantitative estimate of drug-likeness (QED) is 0.501. The van der Waals surface area contributed by atoms with Crippen LogP contribution in [-0.4, -0.2) is 46.2 Å². The molecule has 1 aromatic carbocycles. The van der Waals surface area contributed by atoms with Gasteiger partial charge in [-0.15, -0.1) is 0 Å². The highest BCUT2D eigenvalue weighted by molar-refractivity contribution is 8.00. The van der Waals surface area contributed by atoms with Gasteiger partial charge in [-0.05, 0) is 42.4 Å². The van der Waals surface area contributed by atoms with Crippen LogP contribution in [0.2, 0.25) is 0 Å². The van der Waals surface area contributed by atoms with Crippen LogP contribution in [0.15, 0.2) is 47.7 Å². The van der Waals surface area contributed by atoms with Gasteiger partial charge in [-0.25, -0.2) is 0 Å². The van der Waals surface area contributed by atoms with Gasteiger partial charge in [0.2, 0.25) is 5.91 Å². The SMILES string of the molecule is CN=C(NCc1cccc(NC(=O)Cn2cccn2)c1)NCC1CCCS1. The van der Waals surface area contributed by atoms with Gasteiger partial charge in [0.15, 0.2) is 5.96 Å². The number of benzene rings is 1. The summed E-state index contributed by atoms with van der Waals surface area (Å²) >= 11 is 2.03. The van der Waals surface area contributed by atoms with Crippen molar-refractivity contribution in [2.75, 3.05) is 24.7 Å². The minimum absolute atomic E-state index is 0.102. The monoisotopic (exact) mass is 386 g/mol. The second-order valence-corrected chi connectivity index (χ2v) is 7.80. The molecule has 3 N–H and O–H groups in total. The first-order valence-electron chi connectivity index (χ1n) is 9.15. The smallest absolute Gasteiger partial charge is 0.246 e. The van der Waals surface area contributed by atoms with Crippen molar-refractivity contribution in [2.24, 2.45) is 4.99 Å². The average Bonchev–Trinajstić information content (AvgIpc) is 3.36. The van der Waals surface area contributed by atoms with Gasteiger partial charge in [-0.3, -0.25) is 14.5 Å². The molecule has 1 aromatic heterocycles. The summed E-state index contributed by atoms with van der Waals surface area (Å²) in [6.07, 6.45) is 6.01. The highest BCUT2D eigenvalue weighted by Gasteiger charge is 2.15. The van der Waals surface area contributed by atoms with Gasteiger partial charge in [0.1, 0.15) is 6.54 Å². The van der Waals surface area contributed by atoms with Crippen molar-refractivity contribution < 1.29 is 4.79 Å². The van der Waals surface area contributed by atoms with Crippen molar-refractivity contribution in [2.45, 2.75) is 31.2 Å². The second kappa shape index (κ2) is 10.0. The van der Waals surface area contributed by atoms with Crippen LogP contribution in [0, 0.1) is 0 Å². The topological polar surface area (TPSA) is 83.3 Å². The minimum atomic E-state index is -0.102. The number of aromatic nitrogens is 2. The minimum Gasteiger partial charge on any atom is -0.355 e. The van der Waals surface area contributed by atoms with Gasteiger partial charge in [0.25, 0.3) is 0 Å². The summed E-state index contributed by atoms with van der Waals surface area (Å²) in [5.74, 6) is 1.96. The van der Waals surface area contributed by atoms with E-state index in [4.69, 9.17) is 0 Å². The molecule has 8 heteroatoms. The second-order valence-electron chi connectivity index (χ2n) is 6.39. The number of aliphatic imine (C=N–C) groups is 1. The van der Waals surface area contributed by atoms with Crippen molar-refractivity contribution in [1.29, 1.82) is 0 Å². The van der Waals surface area contributed by atoms with Gasteiger partial charge in [0.05, 0.1) is 0 Å². The van der Waals surface area contributed by atoms with Crippen molar-refractivity contribution in [3.8, 4) is 0 Å². The highest BCUT2D eigenvalue weighted by Crippen LogP contribution is 2.25. The maximum Gasteiger partial charge on any atom is 0.246 e. The van der Waals surface area contributed by atoms with E-state index in [-0.39, 0.29) is 12.5 Å². The van der Waals surface area contributed by atoms with Crippen molar-refractivity contribution in [3.63, 3.8) is 0 Å². The van der Waals surface area contributed by atoms with Gasteiger partial charge < -0.3 is 16.0 Å². The fraction of sp³-hybridized carbons (Fsp3) is 0.421. The summed E-state index contributed by atoms with van der Waals surface area (Å²) < 4.78 is 1.60. The van der Waals surface area contributed by atoms with E-state index in [1.165, 1.54) is 18.6 Å². The lowest BCUT2D eigenvalue weighted by Gasteiger charge is -2.15. The van der Waals surface area contributed by atoms with Crippen LogP contribution >= 0.6 is 11.8 Å². The van der Waals surface area contributed by atoms with E-state index in [0.29, 0.717) is 11.8 Å². The molecule has 3 rings (SSSR count). The molecular weight excluding hydrogens is 360 g/mol. The first-order valence-corrected chi connectivity index (χ1v) is 10.2. The summed E-state index contributed by atoms with van der Waals surface area (Å²) in [6.45, 7) is 1.78. The average molecular weight is 387 g/mol. The van der Waals surface area contributed by atoms with E-state index < -0.39 is 0 Å². The molecular formula is C19H26N6OS. The Balaban J connectivity index is 1.46. The van der Waals surface area contributed by atoms with Crippen molar-refractivity contribution >= 4 is 29.3 Å². The van der Waals surface area contributed by atoms with Crippen LogP contribution in [-0.2, 0) is 17.9 Å². The number of amides is 1. The molecule has 0 radical (unpaired) electrons. The molecule has 1 saturated heterocycles. The van der Waals surface area contributed by atoms with Gasteiger partial charge in [-0.1, -0.05) is 12.1 Å². The van der Waals surface area contributed by atoms with Gasteiger partial charge >= 0.3 is 0 Å². The zero-order valence-electron chi connectivity index (χ0n) is 15.5. The van der Waals surface area contributed by atoms with E-state index in [1.807, 2.05) is 36.0 Å². The number of anilines is 1. The van der Waals surface area contributed by atoms with Gasteiger partial charge in [-0.2, -0.15) is 16.9 Å². The predicted octanol–water partition coefficient (Wildman–Crippen LogP) is 2.08. The number of carbonyl (C=O) groups is 1. The Labute approximate surface area is 164 Å². The molecule has 0 aliphatic carbocycles. The molecule has 1 amide bonds. The number of thioether (sulfide) groups is 1. The Kier molecular flexibility index (Phi) is 7.15. The molecule has 1 aliphatic heterocycles. The summed E-state index contributed by atoms with van der Waals surface area (Å²) in [5, 5.41) is 14.4. The lowest BCUT2D eigenvalue weighted by atomic mass is 10.2. The van der Waals surface area contributed by atoms with E-state index >= 15 is 0 Å². The summed E-state index contributed by atoms with van der Waals surface area (Å²) in [7, 11) is 1.78. The van der Waals surface area contributed by atoms with Crippen LogP contribution in [0.25, 0.3) is 0 Å². The third-order valence-corrected chi connectivity index (χ3v) is 5.68. The molecule has 2 aromatic rings. The summed E-state index contributed by atoms with van der Waals surface area (Å²) in [6, 6.07) is 9.61. The first kappa shape index (κ1) is 19.3. The van der Waals surface area contributed by atoms with Crippen molar-refractivity contribution in [1.82, 2.24) is 20.4 Å². The number of hydrogen-bond acceptors (Lipinski definition) is 4. The third-order valence-electron chi connectivity index (χ3n) is 4.28. The molecule has 1 atom stereocenters. The lowest BCUT2D eigenvalue weighted by molar-refractivity contribution is -0.116. The molecule has 7 nitrogen and oxygen atoms in total. The predicted molar refractivity (Wildman–Crippen MR) is 111 cm³/mol. The summed E-state index contributed by atoms with van der Waals surface area (Å²) in [5.41, 5.74) is 1.85. The molecule has 1 aliphatic rings. The standard InChI is InChI=1S/C19H26N6OS/c1-20-19(22-13-17-7-3-10-27-17)21-12-15-5-2-6-16(11-15)24-18(26)14-25-9-4-8-23-25/h2,4-6,8-9,11,17H,3,7,10,12-14H2,1H3,(H,24,26)(H2,20,21,22). The van der Waals surface area contributed by atoms with E-state index in [0.717, 1.165) is 23.8 Å². The lowest BCUT2D eigenvalue weighted by Crippen LogP contribution is -2.39. The molecule has 0 saturated carbocycles. The van der Waals surface area contributed by atoms with E-state index in [9.17, 15) is 4.79 Å². The van der Waals surface area contributed by atoms with Crippen LogP contribution in [0.1, 0.15) is 18.4 Å². The number of nitrogens with zero attached hydrogens (tertiary/aromatic N) is 3. The highest BCUT2D eigenvalue weighted by atomic mass is 32.2. The molecule has 1 unspecified atom stereocenters. The number of rotatable bonds is 7. The largest absolute Gasteiger partial charge is 0.355 e. The number of hydrogen-bond donors (Lipinski definition) is 3. The van der Waals surface area contributed by atoms with Crippen molar-refractivity contribution in [3.05, 3.63) is 48.3 Å². The number of guanidine groups is 1. The fourth-order valence-corrected chi connectivity index (χ4v) is 4.12. The Hall–Kier alpha value is -2.48. The number of nitrogens with one attached hydrogen (secondary N) is 3. The Morgan fingerprint density at radius 3 is 3.04 bits per heavy atom. The molecule has 144 valence electrons. The van der Waals surface area contributed by atoms with E-state index in [2.05, 4.69) is 26.0 Å². The first-order chi connectivity index (χ1) is 13.2. The molecule has 0 bridgehead atoms. The molecule has 27 heavy (non-hydrogen) atoms. The molecule has 2 heterocycles. The molecule has 0 spiro atoms. The Morgan fingerprint density at radius 2 is 2.30 bits per heavy atom. The van der Waals surface area contributed by atoms with E-state index in [1.54, 1.807) is 30.2 Å². The maximum absolute atomic E-state index is 12.1. The van der Waals surface area contributed by atoms with Gasteiger partial charge in [0, 0.05) is 43.5 Å². The Morgan fingerprint density at radius 1 is 1.37 bits per heavy atom. The zero-order valence-corrected chi connectivity index (χ0v) is 16.3. The van der Waals surface area contributed by atoms with Crippen LogP contribution in [0.5, 0.6) is 0 Å². The normalized spacial score (nSPS) is 16.9. The zero-order chi connectivity index (χ0) is 18.9. The Bertz CT molecular complexity index is 755. The van der Waals surface area contributed by atoms with Crippen LogP contribution in [0.4, 0.5) is 5.69 Å². The van der Waals surface area contributed by atoms with Crippen LogP contribution < -0.4 is 16.0 Å². The third kappa shape index (κ3) is 6.32. The fourth-order valence-electron chi connectivity index (χ4n) is 2.92. The maximum atomic E-state index is 12.1. The van der Waals surface area contributed by atoms with Crippen LogP contribution in [0.3, 0.4) is 0 Å². The summed E-state index contributed by atoms with van der Waals surface area (Å²) in [4.78, 5) is 16.4. The number of carbonyl (C=O) groups excluding carboxylic acids is 1. The molecule has 1 fully saturated rings.